The van der Waals surface area contributed by atoms with E-state index in [1.165, 1.54) is 0 Å². The van der Waals surface area contributed by atoms with Crippen molar-refractivity contribution in [2.45, 2.75) is 64.1 Å². The van der Waals surface area contributed by atoms with Crippen LogP contribution in [0.3, 0.4) is 0 Å². The van der Waals surface area contributed by atoms with Crippen molar-refractivity contribution in [3.05, 3.63) is 179 Å². The second-order valence-corrected chi connectivity index (χ2v) is 12.0. The van der Waals surface area contributed by atoms with E-state index < -0.39 is 24.5 Å². The van der Waals surface area contributed by atoms with Gasteiger partial charge in [-0.15, -0.1) is 0 Å². The van der Waals surface area contributed by atoms with E-state index in [1.807, 2.05) is 140 Å². The monoisotopic (exact) mass is 658 g/mol. The van der Waals surface area contributed by atoms with Gasteiger partial charge in [0.05, 0.1) is 44.7 Å². The van der Waals surface area contributed by atoms with Crippen molar-refractivity contribution < 1.29 is 33.2 Å². The second kappa shape index (κ2) is 18.2. The minimum Gasteiger partial charge on any atom is -0.457 e. The molecule has 0 aliphatic carbocycles. The molecular formula is C42H42O7. The van der Waals surface area contributed by atoms with Crippen LogP contribution >= 0.6 is 0 Å². The molecule has 1 saturated heterocycles. The summed E-state index contributed by atoms with van der Waals surface area (Å²) in [5.74, 6) is -0.404. The van der Waals surface area contributed by atoms with Crippen LogP contribution in [0.5, 0.6) is 0 Å². The zero-order valence-electron chi connectivity index (χ0n) is 27.5. The Morgan fingerprint density at radius 1 is 0.551 bits per heavy atom. The first-order valence-electron chi connectivity index (χ1n) is 16.7. The van der Waals surface area contributed by atoms with E-state index in [2.05, 4.69) is 0 Å². The van der Waals surface area contributed by atoms with E-state index in [9.17, 15) is 4.79 Å². The Kier molecular flexibility index (Phi) is 12.7. The predicted octanol–water partition coefficient (Wildman–Crippen LogP) is 8.06. The van der Waals surface area contributed by atoms with Crippen LogP contribution in [0.15, 0.2) is 146 Å². The Balaban J connectivity index is 1.16. The molecule has 1 heterocycles. The summed E-state index contributed by atoms with van der Waals surface area (Å²) in [5.41, 5.74) is 5.28. The highest BCUT2D eigenvalue weighted by molar-refractivity contribution is 5.91. The second-order valence-electron chi connectivity index (χ2n) is 12.0. The lowest BCUT2D eigenvalue weighted by Gasteiger charge is -2.41. The van der Waals surface area contributed by atoms with E-state index >= 15 is 0 Å². The Morgan fingerprint density at radius 2 is 1.06 bits per heavy atom. The Hall–Kier alpha value is -4.63. The molecule has 252 valence electrons. The molecule has 1 aliphatic heterocycles. The number of esters is 1. The summed E-state index contributed by atoms with van der Waals surface area (Å²) in [6.45, 7) is 1.87. The molecule has 6 rings (SSSR count). The number of rotatable bonds is 16. The van der Waals surface area contributed by atoms with Crippen LogP contribution in [-0.2, 0) is 61.5 Å². The van der Waals surface area contributed by atoms with Crippen LogP contribution in [0.25, 0.3) is 0 Å². The maximum atomic E-state index is 13.1. The fourth-order valence-electron chi connectivity index (χ4n) is 5.75. The largest absolute Gasteiger partial charge is 0.457 e. The summed E-state index contributed by atoms with van der Waals surface area (Å²) in [5, 5.41) is 0. The van der Waals surface area contributed by atoms with Crippen LogP contribution in [-0.4, -0.2) is 37.2 Å². The fraction of sp³-hybridized carbons (Fsp3) is 0.262. The van der Waals surface area contributed by atoms with E-state index in [1.54, 1.807) is 6.07 Å². The molecule has 0 aromatic heterocycles. The molecule has 0 bridgehead atoms. The van der Waals surface area contributed by atoms with Gasteiger partial charge in [0.2, 0.25) is 0 Å². The van der Waals surface area contributed by atoms with Crippen molar-refractivity contribution >= 4 is 5.97 Å². The standard InChI is InChI=1S/C42H42O7/c43-42(48-29-35-21-11-4-12-22-35)37-24-14-13-23-36(37)30-46-40-25-38(45-27-33-17-7-2-8-18-33)41(47-28-34-19-9-3-10-20-34)39(49-40)31-44-26-32-15-5-1-6-16-32/h1-24,38-41H,25-31H2/t38-,39-,40+,41+/m1/s1. The normalized spacial score (nSPS) is 18.9. The molecular weight excluding hydrogens is 616 g/mol. The highest BCUT2D eigenvalue weighted by Gasteiger charge is 2.41. The van der Waals surface area contributed by atoms with E-state index in [4.69, 9.17) is 28.4 Å². The lowest BCUT2D eigenvalue weighted by molar-refractivity contribution is -0.281. The average Bonchev–Trinajstić information content (AvgIpc) is 3.16. The van der Waals surface area contributed by atoms with Gasteiger partial charge in [0, 0.05) is 6.42 Å². The maximum absolute atomic E-state index is 13.1. The molecule has 1 fully saturated rings. The Bertz CT molecular complexity index is 1680. The first-order chi connectivity index (χ1) is 24.2. The lowest BCUT2D eigenvalue weighted by Crippen LogP contribution is -2.53. The van der Waals surface area contributed by atoms with Crippen LogP contribution in [0, 0.1) is 0 Å². The smallest absolute Gasteiger partial charge is 0.338 e. The van der Waals surface area contributed by atoms with Gasteiger partial charge in [-0.3, -0.25) is 0 Å². The van der Waals surface area contributed by atoms with Crippen LogP contribution in [0.4, 0.5) is 0 Å². The van der Waals surface area contributed by atoms with Gasteiger partial charge in [-0.05, 0) is 33.9 Å². The minimum absolute atomic E-state index is 0.153. The highest BCUT2D eigenvalue weighted by Crippen LogP contribution is 2.29. The van der Waals surface area contributed by atoms with Crippen molar-refractivity contribution in [3.8, 4) is 0 Å². The summed E-state index contributed by atoms with van der Waals surface area (Å²) < 4.78 is 37.9. The molecule has 5 aromatic rings. The number of hydrogen-bond donors (Lipinski definition) is 0. The van der Waals surface area contributed by atoms with Gasteiger partial charge in [-0.25, -0.2) is 4.79 Å². The Morgan fingerprint density at radius 3 is 1.67 bits per heavy atom. The number of hydrogen-bond acceptors (Lipinski definition) is 7. The lowest BCUT2D eigenvalue weighted by atomic mass is 10.0. The molecule has 7 heteroatoms. The first kappa shape index (κ1) is 34.2. The highest BCUT2D eigenvalue weighted by atomic mass is 16.7. The average molecular weight is 659 g/mol. The molecule has 0 spiro atoms. The quantitative estimate of drug-likeness (QED) is 0.0994. The van der Waals surface area contributed by atoms with E-state index in [0.717, 1.165) is 22.3 Å². The molecule has 49 heavy (non-hydrogen) atoms. The molecule has 7 nitrogen and oxygen atoms in total. The van der Waals surface area contributed by atoms with Crippen LogP contribution in [0.1, 0.15) is 44.6 Å². The molecule has 1 aliphatic rings. The van der Waals surface area contributed by atoms with Gasteiger partial charge in [0.15, 0.2) is 6.29 Å². The van der Waals surface area contributed by atoms with E-state index in [-0.39, 0.29) is 25.9 Å². The maximum Gasteiger partial charge on any atom is 0.338 e. The topological polar surface area (TPSA) is 72.5 Å². The van der Waals surface area contributed by atoms with Gasteiger partial charge in [-0.1, -0.05) is 140 Å². The number of carbonyl (C=O) groups is 1. The molecule has 5 aromatic carbocycles. The fourth-order valence-corrected chi connectivity index (χ4v) is 5.75. The third-order valence-corrected chi connectivity index (χ3v) is 8.34. The van der Waals surface area contributed by atoms with Crippen molar-refractivity contribution in [2.75, 3.05) is 6.61 Å². The van der Waals surface area contributed by atoms with Gasteiger partial charge in [0.25, 0.3) is 0 Å². The molecule has 0 amide bonds. The molecule has 0 saturated carbocycles. The van der Waals surface area contributed by atoms with Crippen molar-refractivity contribution in [1.29, 1.82) is 0 Å². The van der Waals surface area contributed by atoms with Crippen molar-refractivity contribution in [3.63, 3.8) is 0 Å². The summed E-state index contributed by atoms with van der Waals surface area (Å²) in [7, 11) is 0. The van der Waals surface area contributed by atoms with Gasteiger partial charge in [0.1, 0.15) is 18.8 Å². The number of ether oxygens (including phenoxy) is 6. The van der Waals surface area contributed by atoms with Gasteiger partial charge in [-0.2, -0.15) is 0 Å². The zero-order chi connectivity index (χ0) is 33.5. The molecule has 4 atom stereocenters. The molecule has 0 radical (unpaired) electrons. The predicted molar refractivity (Wildman–Crippen MR) is 186 cm³/mol. The van der Waals surface area contributed by atoms with Crippen LogP contribution < -0.4 is 0 Å². The number of carbonyl (C=O) groups excluding carboxylic acids is 1. The molecule has 0 N–H and O–H groups in total. The third kappa shape index (κ3) is 10.4. The summed E-state index contributed by atoms with van der Waals surface area (Å²) in [6, 6.07) is 47.1. The van der Waals surface area contributed by atoms with Crippen molar-refractivity contribution in [2.24, 2.45) is 0 Å². The van der Waals surface area contributed by atoms with E-state index in [0.29, 0.717) is 37.4 Å². The van der Waals surface area contributed by atoms with Crippen LogP contribution in [0.2, 0.25) is 0 Å². The summed E-state index contributed by atoms with van der Waals surface area (Å²) in [6.07, 6.45) is -1.43. The summed E-state index contributed by atoms with van der Waals surface area (Å²) >= 11 is 0. The third-order valence-electron chi connectivity index (χ3n) is 8.34. The van der Waals surface area contributed by atoms with Gasteiger partial charge < -0.3 is 28.4 Å². The summed E-state index contributed by atoms with van der Waals surface area (Å²) in [4.78, 5) is 13.1. The van der Waals surface area contributed by atoms with Crippen molar-refractivity contribution in [1.82, 2.24) is 0 Å². The zero-order valence-corrected chi connectivity index (χ0v) is 27.5. The SMILES string of the molecule is O=C(OCc1ccccc1)c1ccccc1CO[C@@H]1C[C@@H](OCc2ccccc2)[C@H](OCc2ccccc2)[C@@H](COCc2ccccc2)O1. The van der Waals surface area contributed by atoms with Gasteiger partial charge >= 0.3 is 5.97 Å². The molecule has 0 unspecified atom stereocenters. The minimum atomic E-state index is -0.629. The Labute approximate surface area is 288 Å². The first-order valence-corrected chi connectivity index (χ1v) is 16.7. The number of benzene rings is 5.